The van der Waals surface area contributed by atoms with E-state index in [-0.39, 0.29) is 18.6 Å². The minimum absolute atomic E-state index is 0.00750. The van der Waals surface area contributed by atoms with Gasteiger partial charge in [0.2, 0.25) is 0 Å². The van der Waals surface area contributed by atoms with Gasteiger partial charge in [0.1, 0.15) is 0 Å². The number of aliphatic hydroxyl groups is 1. The SMILES string of the molecule is N[C@@H]1c2ccc(Br)cc2C[C@H]1CO. The van der Waals surface area contributed by atoms with Crippen LogP contribution in [0, 0.1) is 5.92 Å². The van der Waals surface area contributed by atoms with Gasteiger partial charge in [0.15, 0.2) is 0 Å². The molecule has 0 heterocycles. The molecule has 1 aromatic rings. The molecule has 0 unspecified atom stereocenters. The topological polar surface area (TPSA) is 46.2 Å². The lowest BCUT2D eigenvalue weighted by molar-refractivity contribution is 0.214. The van der Waals surface area contributed by atoms with Gasteiger partial charge in [-0.1, -0.05) is 22.0 Å². The first-order valence-electron chi connectivity index (χ1n) is 4.37. The van der Waals surface area contributed by atoms with E-state index in [0.717, 1.165) is 10.9 Å². The zero-order valence-corrected chi connectivity index (χ0v) is 8.79. The lowest BCUT2D eigenvalue weighted by Crippen LogP contribution is -2.19. The Morgan fingerprint density at radius 2 is 2.31 bits per heavy atom. The summed E-state index contributed by atoms with van der Waals surface area (Å²) >= 11 is 3.42. The molecule has 1 aliphatic carbocycles. The summed E-state index contributed by atoms with van der Waals surface area (Å²) in [5, 5.41) is 9.09. The van der Waals surface area contributed by atoms with E-state index in [0.29, 0.717) is 0 Å². The van der Waals surface area contributed by atoms with Crippen molar-refractivity contribution in [2.45, 2.75) is 12.5 Å². The number of halogens is 1. The molecule has 0 saturated carbocycles. The van der Waals surface area contributed by atoms with E-state index in [9.17, 15) is 0 Å². The average Bonchev–Trinajstić information content (AvgIpc) is 2.42. The predicted octanol–water partition coefficient (Wildman–Crippen LogP) is 1.61. The Morgan fingerprint density at radius 3 is 3.00 bits per heavy atom. The molecule has 13 heavy (non-hydrogen) atoms. The number of rotatable bonds is 1. The third-order valence-corrected chi connectivity index (χ3v) is 3.18. The number of benzene rings is 1. The van der Waals surface area contributed by atoms with Crippen LogP contribution < -0.4 is 5.73 Å². The molecule has 0 saturated heterocycles. The standard InChI is InChI=1S/C10H12BrNO/c11-8-1-2-9-6(4-8)3-7(5-13)10(9)12/h1-2,4,7,10,13H,3,5,12H2/t7-,10-/m0/s1. The maximum atomic E-state index is 9.09. The second kappa shape index (κ2) is 3.40. The van der Waals surface area contributed by atoms with Crippen LogP contribution in [0.5, 0.6) is 0 Å². The van der Waals surface area contributed by atoms with Gasteiger partial charge in [-0.2, -0.15) is 0 Å². The van der Waals surface area contributed by atoms with Crippen LogP contribution in [0.2, 0.25) is 0 Å². The molecular formula is C10H12BrNO. The second-order valence-corrected chi connectivity index (χ2v) is 4.43. The molecule has 3 N–H and O–H groups in total. The van der Waals surface area contributed by atoms with Crippen LogP contribution in [0.3, 0.4) is 0 Å². The zero-order valence-electron chi connectivity index (χ0n) is 7.20. The smallest absolute Gasteiger partial charge is 0.0480 e. The third-order valence-electron chi connectivity index (χ3n) is 2.69. The number of aliphatic hydroxyl groups excluding tert-OH is 1. The van der Waals surface area contributed by atoms with E-state index in [4.69, 9.17) is 10.8 Å². The number of hydrogen-bond acceptors (Lipinski definition) is 2. The molecule has 0 spiro atoms. The average molecular weight is 242 g/mol. The van der Waals surface area contributed by atoms with Gasteiger partial charge >= 0.3 is 0 Å². The highest BCUT2D eigenvalue weighted by molar-refractivity contribution is 9.10. The van der Waals surface area contributed by atoms with Crippen LogP contribution >= 0.6 is 15.9 Å². The maximum absolute atomic E-state index is 9.09. The summed E-state index contributed by atoms with van der Waals surface area (Å²) in [6.45, 7) is 0.174. The molecule has 1 aromatic carbocycles. The summed E-state index contributed by atoms with van der Waals surface area (Å²) < 4.78 is 1.08. The first-order chi connectivity index (χ1) is 6.22. The van der Waals surface area contributed by atoms with Crippen LogP contribution in [0.4, 0.5) is 0 Å². The van der Waals surface area contributed by atoms with Crippen LogP contribution in [-0.4, -0.2) is 11.7 Å². The van der Waals surface area contributed by atoms with Crippen molar-refractivity contribution in [3.05, 3.63) is 33.8 Å². The van der Waals surface area contributed by atoms with Gasteiger partial charge in [0.05, 0.1) is 0 Å². The monoisotopic (exact) mass is 241 g/mol. The van der Waals surface area contributed by atoms with E-state index in [1.165, 1.54) is 11.1 Å². The van der Waals surface area contributed by atoms with Gasteiger partial charge in [0, 0.05) is 23.0 Å². The fourth-order valence-corrected chi connectivity index (χ4v) is 2.33. The van der Waals surface area contributed by atoms with E-state index >= 15 is 0 Å². The molecule has 2 rings (SSSR count). The highest BCUT2D eigenvalue weighted by atomic mass is 79.9. The normalized spacial score (nSPS) is 26.1. The molecule has 2 nitrogen and oxygen atoms in total. The second-order valence-electron chi connectivity index (χ2n) is 3.52. The van der Waals surface area contributed by atoms with Gasteiger partial charge in [-0.25, -0.2) is 0 Å². The summed E-state index contributed by atoms with van der Waals surface area (Å²) in [6.07, 6.45) is 0.895. The Bertz CT molecular complexity index is 327. The van der Waals surface area contributed by atoms with E-state index in [1.54, 1.807) is 0 Å². The van der Waals surface area contributed by atoms with E-state index < -0.39 is 0 Å². The minimum atomic E-state index is 0.00750. The van der Waals surface area contributed by atoms with Crippen LogP contribution in [0.15, 0.2) is 22.7 Å². The first-order valence-corrected chi connectivity index (χ1v) is 5.16. The minimum Gasteiger partial charge on any atom is -0.396 e. The molecular weight excluding hydrogens is 230 g/mol. The molecule has 0 amide bonds. The van der Waals surface area contributed by atoms with Gasteiger partial charge < -0.3 is 10.8 Å². The van der Waals surface area contributed by atoms with Gasteiger partial charge in [0.25, 0.3) is 0 Å². The van der Waals surface area contributed by atoms with Gasteiger partial charge in [-0.3, -0.25) is 0 Å². The predicted molar refractivity (Wildman–Crippen MR) is 55.4 cm³/mol. The number of hydrogen-bond donors (Lipinski definition) is 2. The fourth-order valence-electron chi connectivity index (χ4n) is 1.92. The van der Waals surface area contributed by atoms with Crippen molar-refractivity contribution in [1.29, 1.82) is 0 Å². The summed E-state index contributed by atoms with van der Waals surface area (Å²) in [6, 6.07) is 6.14. The largest absolute Gasteiger partial charge is 0.396 e. The lowest BCUT2D eigenvalue weighted by Gasteiger charge is -2.11. The van der Waals surface area contributed by atoms with E-state index in [2.05, 4.69) is 22.0 Å². The highest BCUT2D eigenvalue weighted by Crippen LogP contribution is 2.35. The van der Waals surface area contributed by atoms with Crippen molar-refractivity contribution in [2.24, 2.45) is 11.7 Å². The lowest BCUT2D eigenvalue weighted by atomic mass is 10.0. The Balaban J connectivity index is 2.38. The van der Waals surface area contributed by atoms with Gasteiger partial charge in [-0.05, 0) is 29.7 Å². The Labute approximate surface area is 85.9 Å². The molecule has 1 aliphatic rings. The van der Waals surface area contributed by atoms with Crippen molar-refractivity contribution < 1.29 is 5.11 Å². The van der Waals surface area contributed by atoms with Crippen molar-refractivity contribution in [3.8, 4) is 0 Å². The molecule has 0 fully saturated rings. The van der Waals surface area contributed by atoms with Crippen LogP contribution in [-0.2, 0) is 6.42 Å². The molecule has 2 atom stereocenters. The summed E-state index contributed by atoms with van der Waals surface area (Å²) in [5.41, 5.74) is 8.42. The Hall–Kier alpha value is -0.380. The molecule has 0 aliphatic heterocycles. The molecule has 0 bridgehead atoms. The van der Waals surface area contributed by atoms with Crippen molar-refractivity contribution >= 4 is 15.9 Å². The maximum Gasteiger partial charge on any atom is 0.0480 e. The summed E-state index contributed by atoms with van der Waals surface area (Å²) in [5.74, 6) is 0.198. The Morgan fingerprint density at radius 1 is 1.54 bits per heavy atom. The molecule has 3 heteroatoms. The Kier molecular flexibility index (Phi) is 2.41. The van der Waals surface area contributed by atoms with Crippen molar-refractivity contribution in [3.63, 3.8) is 0 Å². The van der Waals surface area contributed by atoms with Crippen LogP contribution in [0.25, 0.3) is 0 Å². The van der Waals surface area contributed by atoms with Gasteiger partial charge in [-0.15, -0.1) is 0 Å². The highest BCUT2D eigenvalue weighted by Gasteiger charge is 2.28. The quantitative estimate of drug-likeness (QED) is 0.785. The first kappa shape index (κ1) is 9.19. The van der Waals surface area contributed by atoms with Crippen LogP contribution in [0.1, 0.15) is 17.2 Å². The van der Waals surface area contributed by atoms with Crippen molar-refractivity contribution in [2.75, 3.05) is 6.61 Å². The zero-order chi connectivity index (χ0) is 9.42. The number of nitrogens with two attached hydrogens (primary N) is 1. The van der Waals surface area contributed by atoms with E-state index in [1.807, 2.05) is 12.1 Å². The molecule has 0 aromatic heterocycles. The molecule has 0 radical (unpaired) electrons. The van der Waals surface area contributed by atoms with Crippen molar-refractivity contribution in [1.82, 2.24) is 0 Å². The molecule has 70 valence electrons. The third kappa shape index (κ3) is 1.52. The fraction of sp³-hybridized carbons (Fsp3) is 0.400. The number of fused-ring (bicyclic) bond motifs is 1. The summed E-state index contributed by atoms with van der Waals surface area (Å²) in [7, 11) is 0. The summed E-state index contributed by atoms with van der Waals surface area (Å²) in [4.78, 5) is 0.